The molecule has 4 nitrogen and oxygen atoms in total. The lowest BCUT2D eigenvalue weighted by molar-refractivity contribution is 0.408. The van der Waals surface area contributed by atoms with E-state index in [1.165, 1.54) is 6.33 Å². The van der Waals surface area contributed by atoms with Gasteiger partial charge < -0.3 is 5.73 Å². The lowest BCUT2D eigenvalue weighted by Crippen LogP contribution is -2.37. The molecule has 1 aromatic heterocycles. The Labute approximate surface area is 60.1 Å². The van der Waals surface area contributed by atoms with Crippen molar-refractivity contribution in [2.75, 3.05) is 0 Å². The first kappa shape index (κ1) is 7.21. The van der Waals surface area contributed by atoms with Gasteiger partial charge in [-0.25, -0.2) is 4.98 Å². The van der Waals surface area contributed by atoms with Gasteiger partial charge in [0.1, 0.15) is 12.7 Å². The fourth-order valence-electron chi connectivity index (χ4n) is 0.732. The third-order valence-electron chi connectivity index (χ3n) is 1.04. The van der Waals surface area contributed by atoms with E-state index < -0.39 is 0 Å². The molecular formula is C6H12N4. The molecule has 10 heavy (non-hydrogen) atoms. The summed E-state index contributed by atoms with van der Waals surface area (Å²) >= 11 is 0. The van der Waals surface area contributed by atoms with E-state index in [-0.39, 0.29) is 5.54 Å². The van der Waals surface area contributed by atoms with E-state index >= 15 is 0 Å². The lowest BCUT2D eigenvalue weighted by Gasteiger charge is -2.17. The van der Waals surface area contributed by atoms with E-state index in [2.05, 4.69) is 10.1 Å². The molecule has 0 amide bonds. The zero-order valence-corrected chi connectivity index (χ0v) is 6.28. The van der Waals surface area contributed by atoms with Crippen LogP contribution >= 0.6 is 0 Å². The number of nitrogens with zero attached hydrogens (tertiary/aromatic N) is 3. The summed E-state index contributed by atoms with van der Waals surface area (Å²) in [7, 11) is 0. The lowest BCUT2D eigenvalue weighted by atomic mass is 10.1. The van der Waals surface area contributed by atoms with E-state index in [1.807, 2.05) is 13.8 Å². The van der Waals surface area contributed by atoms with Crippen LogP contribution in [0.25, 0.3) is 0 Å². The maximum absolute atomic E-state index is 5.74. The summed E-state index contributed by atoms with van der Waals surface area (Å²) in [5.74, 6) is 0. The number of aromatic nitrogens is 3. The Bertz CT molecular complexity index is 184. The summed E-state index contributed by atoms with van der Waals surface area (Å²) < 4.78 is 1.72. The van der Waals surface area contributed by atoms with Gasteiger partial charge in [0, 0.05) is 5.54 Å². The van der Waals surface area contributed by atoms with Crippen molar-refractivity contribution in [2.45, 2.75) is 25.9 Å². The van der Waals surface area contributed by atoms with Crippen molar-refractivity contribution in [1.29, 1.82) is 0 Å². The van der Waals surface area contributed by atoms with Crippen LogP contribution in [-0.2, 0) is 6.54 Å². The first-order chi connectivity index (χ1) is 4.58. The smallest absolute Gasteiger partial charge is 0.137 e. The topological polar surface area (TPSA) is 56.7 Å². The minimum absolute atomic E-state index is 0.215. The van der Waals surface area contributed by atoms with Crippen molar-refractivity contribution >= 4 is 0 Å². The molecule has 0 bridgehead atoms. The summed E-state index contributed by atoms with van der Waals surface area (Å²) in [6.45, 7) is 4.61. The van der Waals surface area contributed by atoms with Gasteiger partial charge in [0.05, 0.1) is 6.54 Å². The van der Waals surface area contributed by atoms with Gasteiger partial charge in [0.25, 0.3) is 0 Å². The van der Waals surface area contributed by atoms with Gasteiger partial charge in [-0.15, -0.1) is 0 Å². The molecule has 0 unspecified atom stereocenters. The largest absolute Gasteiger partial charge is 0.324 e. The Kier molecular flexibility index (Phi) is 1.72. The molecule has 1 rings (SSSR count). The van der Waals surface area contributed by atoms with Gasteiger partial charge in [0.2, 0.25) is 0 Å². The van der Waals surface area contributed by atoms with Gasteiger partial charge >= 0.3 is 0 Å². The van der Waals surface area contributed by atoms with E-state index in [9.17, 15) is 0 Å². The first-order valence-electron chi connectivity index (χ1n) is 3.19. The Balaban J connectivity index is 2.57. The van der Waals surface area contributed by atoms with E-state index in [0.29, 0.717) is 6.54 Å². The molecule has 0 atom stereocenters. The van der Waals surface area contributed by atoms with Crippen LogP contribution in [0, 0.1) is 0 Å². The van der Waals surface area contributed by atoms with Crippen LogP contribution in [0.3, 0.4) is 0 Å². The highest BCUT2D eigenvalue weighted by Crippen LogP contribution is 1.98. The maximum atomic E-state index is 5.74. The van der Waals surface area contributed by atoms with Gasteiger partial charge in [-0.1, -0.05) is 0 Å². The second kappa shape index (κ2) is 2.38. The average Bonchev–Trinajstić information content (AvgIpc) is 2.12. The predicted molar refractivity (Wildman–Crippen MR) is 38.3 cm³/mol. The molecule has 0 saturated carbocycles. The van der Waals surface area contributed by atoms with Crippen LogP contribution in [0.1, 0.15) is 13.8 Å². The van der Waals surface area contributed by atoms with Crippen molar-refractivity contribution in [1.82, 2.24) is 14.8 Å². The van der Waals surface area contributed by atoms with E-state index in [0.717, 1.165) is 0 Å². The Morgan fingerprint density at radius 2 is 2.30 bits per heavy atom. The third kappa shape index (κ3) is 2.14. The zero-order valence-electron chi connectivity index (χ0n) is 6.28. The SMILES string of the molecule is CC(C)(N)Cn1cncn1. The van der Waals surface area contributed by atoms with E-state index in [4.69, 9.17) is 5.73 Å². The van der Waals surface area contributed by atoms with Crippen LogP contribution in [0.15, 0.2) is 12.7 Å². The predicted octanol–water partition coefficient (Wildman–Crippen LogP) is 0.0154. The Hall–Kier alpha value is -0.900. The van der Waals surface area contributed by atoms with Crippen LogP contribution in [-0.4, -0.2) is 20.3 Å². The van der Waals surface area contributed by atoms with E-state index in [1.54, 1.807) is 11.0 Å². The van der Waals surface area contributed by atoms with Crippen molar-refractivity contribution in [2.24, 2.45) is 5.73 Å². The van der Waals surface area contributed by atoms with Crippen LogP contribution in [0.4, 0.5) is 0 Å². The fourth-order valence-corrected chi connectivity index (χ4v) is 0.732. The minimum atomic E-state index is -0.215. The Morgan fingerprint density at radius 1 is 1.60 bits per heavy atom. The van der Waals surface area contributed by atoms with Crippen LogP contribution in [0.2, 0.25) is 0 Å². The van der Waals surface area contributed by atoms with Crippen LogP contribution in [0.5, 0.6) is 0 Å². The van der Waals surface area contributed by atoms with Gasteiger partial charge in [0.15, 0.2) is 0 Å². The summed E-state index contributed by atoms with van der Waals surface area (Å²) in [4.78, 5) is 3.80. The molecule has 0 aliphatic rings. The number of hydrogen-bond donors (Lipinski definition) is 1. The van der Waals surface area contributed by atoms with Gasteiger partial charge in [-0.05, 0) is 13.8 Å². The van der Waals surface area contributed by atoms with Gasteiger partial charge in [-0.3, -0.25) is 4.68 Å². The molecule has 0 radical (unpaired) electrons. The molecule has 0 aliphatic heterocycles. The second-order valence-electron chi connectivity index (χ2n) is 3.08. The normalized spacial score (nSPS) is 11.9. The molecule has 1 heterocycles. The summed E-state index contributed by atoms with van der Waals surface area (Å²) in [5.41, 5.74) is 5.52. The van der Waals surface area contributed by atoms with Crippen molar-refractivity contribution in [3.05, 3.63) is 12.7 Å². The van der Waals surface area contributed by atoms with Crippen molar-refractivity contribution in [3.63, 3.8) is 0 Å². The molecule has 0 spiro atoms. The fraction of sp³-hybridized carbons (Fsp3) is 0.667. The number of hydrogen-bond acceptors (Lipinski definition) is 3. The average molecular weight is 140 g/mol. The molecule has 0 fully saturated rings. The molecule has 0 aliphatic carbocycles. The molecule has 1 aromatic rings. The maximum Gasteiger partial charge on any atom is 0.137 e. The summed E-state index contributed by atoms with van der Waals surface area (Å²) in [5, 5.41) is 3.93. The standard InChI is InChI=1S/C6H12N4/c1-6(2,7)3-10-5-8-4-9-10/h4-5H,3,7H2,1-2H3. The quantitative estimate of drug-likeness (QED) is 0.629. The molecule has 0 saturated heterocycles. The highest BCUT2D eigenvalue weighted by molar-refractivity contribution is 4.72. The molecule has 56 valence electrons. The summed E-state index contributed by atoms with van der Waals surface area (Å²) in [6, 6.07) is 0. The monoisotopic (exact) mass is 140 g/mol. The zero-order chi connectivity index (χ0) is 7.61. The number of nitrogens with two attached hydrogens (primary N) is 1. The molecule has 4 heteroatoms. The molecule has 2 N–H and O–H groups in total. The summed E-state index contributed by atoms with van der Waals surface area (Å²) in [6.07, 6.45) is 3.17. The highest BCUT2D eigenvalue weighted by atomic mass is 15.3. The van der Waals surface area contributed by atoms with Crippen LogP contribution < -0.4 is 5.73 Å². The third-order valence-corrected chi connectivity index (χ3v) is 1.04. The molecular weight excluding hydrogens is 128 g/mol. The first-order valence-corrected chi connectivity index (χ1v) is 3.19. The second-order valence-corrected chi connectivity index (χ2v) is 3.08. The highest BCUT2D eigenvalue weighted by Gasteiger charge is 2.10. The van der Waals surface area contributed by atoms with Crippen molar-refractivity contribution < 1.29 is 0 Å². The Morgan fingerprint density at radius 3 is 2.70 bits per heavy atom. The molecule has 0 aromatic carbocycles. The number of rotatable bonds is 2. The van der Waals surface area contributed by atoms with Crippen molar-refractivity contribution in [3.8, 4) is 0 Å². The minimum Gasteiger partial charge on any atom is -0.324 e. The van der Waals surface area contributed by atoms with Gasteiger partial charge in [-0.2, -0.15) is 5.10 Å².